The van der Waals surface area contributed by atoms with Gasteiger partial charge in [-0.2, -0.15) is 0 Å². The van der Waals surface area contributed by atoms with Gasteiger partial charge in [-0.25, -0.2) is 4.79 Å². The minimum Gasteiger partial charge on any atom is -0.463 e. The van der Waals surface area contributed by atoms with E-state index >= 15 is 0 Å². The van der Waals surface area contributed by atoms with E-state index in [0.29, 0.717) is 17.9 Å². The van der Waals surface area contributed by atoms with E-state index in [1.165, 1.54) is 0 Å². The van der Waals surface area contributed by atoms with E-state index in [0.717, 1.165) is 6.42 Å². The topological polar surface area (TPSA) is 78.9 Å². The number of benzene rings is 1. The van der Waals surface area contributed by atoms with Crippen LogP contribution in [-0.4, -0.2) is 36.2 Å². The number of rotatable bonds is 11. The molecule has 29 heavy (non-hydrogen) atoms. The molecule has 0 aromatic heterocycles. The number of hydrogen-bond acceptors (Lipinski definition) is 6. The first-order chi connectivity index (χ1) is 13.5. The Kier molecular flexibility index (Phi) is 9.86. The van der Waals surface area contributed by atoms with Crippen molar-refractivity contribution < 1.29 is 28.6 Å². The van der Waals surface area contributed by atoms with Crippen LogP contribution in [0.25, 0.3) is 0 Å². The molecule has 1 unspecified atom stereocenters. The van der Waals surface area contributed by atoms with Crippen LogP contribution in [0.2, 0.25) is 0 Å². The zero-order valence-corrected chi connectivity index (χ0v) is 18.4. The van der Waals surface area contributed by atoms with Gasteiger partial charge in [0.05, 0.1) is 24.7 Å². The zero-order valence-electron chi connectivity index (χ0n) is 18.4. The zero-order chi connectivity index (χ0) is 22.0. The van der Waals surface area contributed by atoms with Gasteiger partial charge in [0.2, 0.25) is 0 Å². The second-order valence-electron chi connectivity index (χ2n) is 8.41. The summed E-state index contributed by atoms with van der Waals surface area (Å²) >= 11 is 0. The summed E-state index contributed by atoms with van der Waals surface area (Å²) in [5.41, 5.74) is -0.580. The van der Waals surface area contributed by atoms with Gasteiger partial charge in [-0.15, -0.1) is 0 Å². The highest BCUT2D eigenvalue weighted by Crippen LogP contribution is 2.27. The van der Waals surface area contributed by atoms with Crippen molar-refractivity contribution in [3.63, 3.8) is 0 Å². The van der Waals surface area contributed by atoms with E-state index in [-0.39, 0.29) is 25.1 Å². The molecule has 0 amide bonds. The first kappa shape index (κ1) is 24.7. The van der Waals surface area contributed by atoms with Gasteiger partial charge in [0.1, 0.15) is 5.60 Å². The molecule has 0 bridgehead atoms. The fourth-order valence-electron chi connectivity index (χ4n) is 2.69. The fourth-order valence-corrected chi connectivity index (χ4v) is 2.69. The van der Waals surface area contributed by atoms with E-state index in [1.54, 1.807) is 58.0 Å². The summed E-state index contributed by atoms with van der Waals surface area (Å²) in [4.78, 5) is 36.8. The van der Waals surface area contributed by atoms with Crippen LogP contribution in [-0.2, 0) is 23.8 Å². The second-order valence-corrected chi connectivity index (χ2v) is 8.41. The molecule has 1 aromatic rings. The Morgan fingerprint density at radius 2 is 1.59 bits per heavy atom. The van der Waals surface area contributed by atoms with Crippen LogP contribution in [0.4, 0.5) is 0 Å². The minimum absolute atomic E-state index is 0.0231. The van der Waals surface area contributed by atoms with Gasteiger partial charge in [-0.1, -0.05) is 32.0 Å². The maximum absolute atomic E-state index is 12.3. The van der Waals surface area contributed by atoms with Crippen LogP contribution in [0.3, 0.4) is 0 Å². The molecule has 0 N–H and O–H groups in total. The summed E-state index contributed by atoms with van der Waals surface area (Å²) in [5, 5.41) is 0. The molecule has 0 spiro atoms. The van der Waals surface area contributed by atoms with Crippen LogP contribution < -0.4 is 0 Å². The molecular formula is C23H34O6. The lowest BCUT2D eigenvalue weighted by atomic mass is 9.88. The quantitative estimate of drug-likeness (QED) is 0.396. The van der Waals surface area contributed by atoms with Gasteiger partial charge in [-0.05, 0) is 52.2 Å². The molecule has 0 fully saturated rings. The summed E-state index contributed by atoms with van der Waals surface area (Å²) < 4.78 is 16.3. The molecule has 0 aliphatic heterocycles. The smallest absolute Gasteiger partial charge is 0.338 e. The molecule has 6 heteroatoms. The fraction of sp³-hybridized carbons (Fsp3) is 0.609. The van der Waals surface area contributed by atoms with E-state index in [2.05, 4.69) is 0 Å². The van der Waals surface area contributed by atoms with Gasteiger partial charge >= 0.3 is 17.9 Å². The molecule has 162 valence electrons. The van der Waals surface area contributed by atoms with Crippen LogP contribution in [0.1, 0.15) is 71.2 Å². The summed E-state index contributed by atoms with van der Waals surface area (Å²) in [5.74, 6) is -1.40. The molecule has 0 heterocycles. The molecule has 0 saturated carbocycles. The van der Waals surface area contributed by atoms with Crippen molar-refractivity contribution in [2.75, 3.05) is 6.61 Å². The molecule has 0 radical (unpaired) electrons. The summed E-state index contributed by atoms with van der Waals surface area (Å²) in [6.45, 7) is 11.0. The number of carbonyl (C=O) groups is 3. The molecule has 1 atom stereocenters. The number of ether oxygens (including phenoxy) is 3. The second kappa shape index (κ2) is 11.6. The summed E-state index contributed by atoms with van der Waals surface area (Å²) in [6.07, 6.45) is 0.739. The average Bonchev–Trinajstić information content (AvgIpc) is 2.62. The van der Waals surface area contributed by atoms with E-state index < -0.39 is 23.5 Å². The van der Waals surface area contributed by atoms with E-state index in [1.807, 2.05) is 13.8 Å². The SMILES string of the molecule is CC(C)CCC(=O)OC(C)(C)C(COC(=O)c1ccccc1)CC(=O)OC(C)C. The van der Waals surface area contributed by atoms with Gasteiger partial charge in [0, 0.05) is 12.3 Å². The monoisotopic (exact) mass is 406 g/mol. The lowest BCUT2D eigenvalue weighted by Gasteiger charge is -2.33. The highest BCUT2D eigenvalue weighted by Gasteiger charge is 2.36. The highest BCUT2D eigenvalue weighted by molar-refractivity contribution is 5.89. The van der Waals surface area contributed by atoms with E-state index in [4.69, 9.17) is 14.2 Å². The van der Waals surface area contributed by atoms with Crippen LogP contribution >= 0.6 is 0 Å². The van der Waals surface area contributed by atoms with Gasteiger partial charge in [0.15, 0.2) is 0 Å². The Labute approximate surface area is 173 Å². The molecule has 6 nitrogen and oxygen atoms in total. The molecular weight excluding hydrogens is 372 g/mol. The predicted molar refractivity (Wildman–Crippen MR) is 110 cm³/mol. The first-order valence-electron chi connectivity index (χ1n) is 10.1. The number of esters is 3. The van der Waals surface area contributed by atoms with Crippen molar-refractivity contribution in [3.8, 4) is 0 Å². The van der Waals surface area contributed by atoms with Crippen molar-refractivity contribution in [1.82, 2.24) is 0 Å². The Balaban J connectivity index is 2.83. The third-order valence-electron chi connectivity index (χ3n) is 4.49. The lowest BCUT2D eigenvalue weighted by Crippen LogP contribution is -2.41. The molecule has 1 aromatic carbocycles. The maximum atomic E-state index is 12.3. The van der Waals surface area contributed by atoms with Crippen LogP contribution in [0.5, 0.6) is 0 Å². The van der Waals surface area contributed by atoms with Crippen LogP contribution in [0, 0.1) is 11.8 Å². The van der Waals surface area contributed by atoms with Gasteiger partial charge in [0.25, 0.3) is 0 Å². The van der Waals surface area contributed by atoms with Crippen molar-refractivity contribution in [2.45, 2.75) is 72.5 Å². The minimum atomic E-state index is -0.999. The maximum Gasteiger partial charge on any atom is 0.338 e. The highest BCUT2D eigenvalue weighted by atomic mass is 16.6. The Morgan fingerprint density at radius 1 is 0.966 bits per heavy atom. The van der Waals surface area contributed by atoms with E-state index in [9.17, 15) is 14.4 Å². The third kappa shape index (κ3) is 9.59. The number of hydrogen-bond donors (Lipinski definition) is 0. The van der Waals surface area contributed by atoms with Crippen molar-refractivity contribution in [2.24, 2.45) is 11.8 Å². The van der Waals surface area contributed by atoms with Crippen molar-refractivity contribution in [1.29, 1.82) is 0 Å². The number of carbonyl (C=O) groups excluding carboxylic acids is 3. The normalized spacial score (nSPS) is 12.6. The van der Waals surface area contributed by atoms with Gasteiger partial charge in [-0.3, -0.25) is 9.59 Å². The predicted octanol–water partition coefficient (Wildman–Crippen LogP) is 4.56. The summed E-state index contributed by atoms with van der Waals surface area (Å²) in [7, 11) is 0. The Hall–Kier alpha value is -2.37. The molecule has 0 saturated heterocycles. The first-order valence-corrected chi connectivity index (χ1v) is 10.1. The Bertz CT molecular complexity index is 663. The molecule has 1 rings (SSSR count). The van der Waals surface area contributed by atoms with Crippen molar-refractivity contribution >= 4 is 17.9 Å². The van der Waals surface area contributed by atoms with Gasteiger partial charge < -0.3 is 14.2 Å². The standard InChI is InChI=1S/C23H34O6/c1-16(2)12-13-20(24)29-23(5,6)19(14-21(25)28-17(3)4)15-27-22(26)18-10-8-7-9-11-18/h7-11,16-17,19H,12-15H2,1-6H3. The average molecular weight is 407 g/mol. The molecule has 0 aliphatic rings. The summed E-state index contributed by atoms with van der Waals surface area (Å²) in [6, 6.07) is 8.60. The van der Waals surface area contributed by atoms with Crippen LogP contribution in [0.15, 0.2) is 30.3 Å². The largest absolute Gasteiger partial charge is 0.463 e. The van der Waals surface area contributed by atoms with Crippen molar-refractivity contribution in [3.05, 3.63) is 35.9 Å². The molecule has 0 aliphatic carbocycles. The Morgan fingerprint density at radius 3 is 2.14 bits per heavy atom. The lowest BCUT2D eigenvalue weighted by molar-refractivity contribution is -0.168. The third-order valence-corrected chi connectivity index (χ3v) is 4.49.